The van der Waals surface area contributed by atoms with Crippen LogP contribution in [0.3, 0.4) is 0 Å². The number of benzene rings is 2. The molecule has 0 saturated carbocycles. The number of imidazole rings is 1. The Hall–Kier alpha value is -3.85. The minimum Gasteiger partial charge on any atom is -0.497 e. The van der Waals surface area contributed by atoms with Crippen molar-refractivity contribution in [3.8, 4) is 17.1 Å². The minimum atomic E-state index is -0.578. The summed E-state index contributed by atoms with van der Waals surface area (Å²) in [6, 6.07) is 12.9. The second-order valence-electron chi connectivity index (χ2n) is 6.97. The van der Waals surface area contributed by atoms with Crippen LogP contribution >= 0.6 is 0 Å². The van der Waals surface area contributed by atoms with Gasteiger partial charge in [-0.3, -0.25) is 4.79 Å². The largest absolute Gasteiger partial charge is 0.497 e. The number of carbonyl (C=O) groups excluding carboxylic acids is 2. The number of H-pyrrole nitrogens is 1. The van der Waals surface area contributed by atoms with E-state index in [2.05, 4.69) is 15.3 Å². The van der Waals surface area contributed by atoms with Gasteiger partial charge >= 0.3 is 5.97 Å². The van der Waals surface area contributed by atoms with Crippen LogP contribution < -0.4 is 10.1 Å². The first-order chi connectivity index (χ1) is 15.0. The Kier molecular flexibility index (Phi) is 5.59. The van der Waals surface area contributed by atoms with E-state index in [0.717, 1.165) is 22.3 Å². The monoisotopic (exact) mass is 422 g/mol. The summed E-state index contributed by atoms with van der Waals surface area (Å²) in [4.78, 5) is 34.0. The summed E-state index contributed by atoms with van der Waals surface area (Å²) in [5, 5.41) is 12.2. The van der Waals surface area contributed by atoms with Gasteiger partial charge in [0.05, 0.1) is 44.0 Å². The molecule has 1 aliphatic rings. The lowest BCUT2D eigenvalue weighted by atomic mass is 10.2. The highest BCUT2D eigenvalue weighted by Gasteiger charge is 2.34. The number of esters is 1. The smallest absolute Gasteiger partial charge is 0.337 e. The van der Waals surface area contributed by atoms with E-state index in [1.807, 2.05) is 30.3 Å². The highest BCUT2D eigenvalue weighted by Crippen LogP contribution is 2.27. The number of aromatic nitrogens is 2. The lowest BCUT2D eigenvalue weighted by Gasteiger charge is -2.15. The Morgan fingerprint density at radius 1 is 1.23 bits per heavy atom. The molecule has 0 saturated heterocycles. The second-order valence-corrected chi connectivity index (χ2v) is 6.97. The predicted molar refractivity (Wildman–Crippen MR) is 114 cm³/mol. The van der Waals surface area contributed by atoms with Crippen LogP contribution in [-0.2, 0) is 14.3 Å². The molecule has 0 fully saturated rings. The van der Waals surface area contributed by atoms with E-state index in [1.165, 1.54) is 12.0 Å². The molecular weight excluding hydrogens is 400 g/mol. The number of carbonyl (C=O) groups is 2. The zero-order chi connectivity index (χ0) is 22.0. The molecule has 1 aromatic heterocycles. The topological polar surface area (TPSA) is 117 Å². The van der Waals surface area contributed by atoms with Crippen LogP contribution in [0.15, 0.2) is 53.7 Å². The third-order valence-electron chi connectivity index (χ3n) is 5.07. The SMILES string of the molecule is COC(=O)C1=C(Nc2ccc(-c3nc4ccc(OC)cc4[nH]3)cc2)C(=O)N(CCO)C1. The molecule has 0 unspecified atom stereocenters. The molecule has 1 amide bonds. The van der Waals surface area contributed by atoms with Crippen molar-refractivity contribution in [3.05, 3.63) is 53.7 Å². The quantitative estimate of drug-likeness (QED) is 0.498. The average Bonchev–Trinajstić information content (AvgIpc) is 3.35. The van der Waals surface area contributed by atoms with E-state index < -0.39 is 5.97 Å². The lowest BCUT2D eigenvalue weighted by Crippen LogP contribution is -2.31. The number of aromatic amines is 1. The van der Waals surface area contributed by atoms with Gasteiger partial charge in [-0.1, -0.05) is 0 Å². The third kappa shape index (κ3) is 3.95. The predicted octanol–water partition coefficient (Wildman–Crippen LogP) is 1.91. The molecule has 3 aromatic rings. The molecule has 2 heterocycles. The first kappa shape index (κ1) is 20.4. The van der Waals surface area contributed by atoms with Crippen LogP contribution in [0.25, 0.3) is 22.4 Å². The third-order valence-corrected chi connectivity index (χ3v) is 5.07. The highest BCUT2D eigenvalue weighted by molar-refractivity contribution is 6.08. The summed E-state index contributed by atoms with van der Waals surface area (Å²) in [6.07, 6.45) is 0. The number of β-amino-alcohol motifs (C(OH)–C–C–N with tert-alkyl or cyclic N) is 1. The average molecular weight is 422 g/mol. The van der Waals surface area contributed by atoms with Gasteiger partial charge in [-0.2, -0.15) is 0 Å². The Bertz CT molecular complexity index is 1170. The standard InChI is InChI=1S/C22H22N4O5/c1-30-15-7-8-17-18(11-15)25-20(24-17)13-3-5-14(6-4-13)23-19-16(22(29)31-2)12-26(9-10-27)21(19)28/h3-8,11,23,27H,9-10,12H2,1-2H3,(H,24,25). The van der Waals surface area contributed by atoms with E-state index in [9.17, 15) is 9.59 Å². The molecule has 9 heteroatoms. The van der Waals surface area contributed by atoms with E-state index in [4.69, 9.17) is 14.6 Å². The summed E-state index contributed by atoms with van der Waals surface area (Å²) in [5.41, 5.74) is 3.58. The van der Waals surface area contributed by atoms with Crippen LogP contribution in [-0.4, -0.2) is 65.8 Å². The summed E-state index contributed by atoms with van der Waals surface area (Å²) in [7, 11) is 2.88. The minimum absolute atomic E-state index is 0.0922. The molecule has 9 nitrogen and oxygen atoms in total. The van der Waals surface area contributed by atoms with Gasteiger partial charge in [0.2, 0.25) is 0 Å². The molecule has 0 aliphatic carbocycles. The Morgan fingerprint density at radius 3 is 2.68 bits per heavy atom. The summed E-state index contributed by atoms with van der Waals surface area (Å²) in [6.45, 7) is 0.0424. The van der Waals surface area contributed by atoms with Crippen LogP contribution in [0.4, 0.5) is 5.69 Å². The van der Waals surface area contributed by atoms with Crippen molar-refractivity contribution in [1.29, 1.82) is 0 Å². The number of ether oxygens (including phenoxy) is 2. The van der Waals surface area contributed by atoms with E-state index in [-0.39, 0.29) is 36.9 Å². The van der Waals surface area contributed by atoms with Gasteiger partial charge in [0.1, 0.15) is 17.3 Å². The molecule has 0 spiro atoms. The van der Waals surface area contributed by atoms with Crippen LogP contribution in [0.5, 0.6) is 5.75 Å². The molecular formula is C22H22N4O5. The zero-order valence-corrected chi connectivity index (χ0v) is 17.1. The number of hydrogen-bond donors (Lipinski definition) is 3. The number of anilines is 1. The maximum Gasteiger partial charge on any atom is 0.337 e. The normalized spacial score (nSPS) is 13.8. The number of fused-ring (bicyclic) bond motifs is 1. The van der Waals surface area contributed by atoms with Crippen molar-refractivity contribution < 1.29 is 24.2 Å². The molecule has 3 N–H and O–H groups in total. The molecule has 31 heavy (non-hydrogen) atoms. The summed E-state index contributed by atoms with van der Waals surface area (Å²) in [5.74, 6) is 0.513. The fourth-order valence-electron chi connectivity index (χ4n) is 3.46. The first-order valence-electron chi connectivity index (χ1n) is 9.67. The summed E-state index contributed by atoms with van der Waals surface area (Å²) >= 11 is 0. The van der Waals surface area contributed by atoms with Crippen molar-refractivity contribution in [2.45, 2.75) is 0 Å². The number of hydrogen-bond acceptors (Lipinski definition) is 7. The second kappa shape index (κ2) is 8.49. The van der Waals surface area contributed by atoms with Gasteiger partial charge in [0, 0.05) is 23.9 Å². The van der Waals surface area contributed by atoms with E-state index in [1.54, 1.807) is 19.2 Å². The number of methoxy groups -OCH3 is 2. The molecule has 1 aliphatic heterocycles. The Balaban J connectivity index is 1.58. The number of aliphatic hydroxyl groups is 1. The number of aliphatic hydroxyl groups excluding tert-OH is 1. The van der Waals surface area contributed by atoms with Crippen molar-refractivity contribution in [1.82, 2.24) is 14.9 Å². The maximum atomic E-state index is 12.6. The van der Waals surface area contributed by atoms with E-state index >= 15 is 0 Å². The Labute approximate surface area is 178 Å². The number of rotatable bonds is 7. The van der Waals surface area contributed by atoms with Gasteiger partial charge in [-0.05, 0) is 36.4 Å². The van der Waals surface area contributed by atoms with Gasteiger partial charge < -0.3 is 29.8 Å². The zero-order valence-electron chi connectivity index (χ0n) is 17.1. The van der Waals surface area contributed by atoms with E-state index in [0.29, 0.717) is 11.5 Å². The molecule has 2 aromatic carbocycles. The fourth-order valence-corrected chi connectivity index (χ4v) is 3.46. The highest BCUT2D eigenvalue weighted by atomic mass is 16.5. The van der Waals surface area contributed by atoms with Gasteiger partial charge in [-0.15, -0.1) is 0 Å². The molecule has 0 atom stereocenters. The number of amides is 1. The summed E-state index contributed by atoms with van der Waals surface area (Å²) < 4.78 is 10.0. The van der Waals surface area contributed by atoms with Gasteiger partial charge in [-0.25, -0.2) is 9.78 Å². The Morgan fingerprint density at radius 2 is 2.00 bits per heavy atom. The number of nitrogens with zero attached hydrogens (tertiary/aromatic N) is 2. The maximum absolute atomic E-state index is 12.6. The first-order valence-corrected chi connectivity index (χ1v) is 9.67. The van der Waals surface area contributed by atoms with Crippen LogP contribution in [0, 0.1) is 0 Å². The van der Waals surface area contributed by atoms with Crippen LogP contribution in [0.2, 0.25) is 0 Å². The van der Waals surface area contributed by atoms with Crippen LogP contribution in [0.1, 0.15) is 0 Å². The number of nitrogens with one attached hydrogen (secondary N) is 2. The molecule has 4 rings (SSSR count). The van der Waals surface area contributed by atoms with Crippen molar-refractivity contribution >= 4 is 28.6 Å². The van der Waals surface area contributed by atoms with Crippen molar-refractivity contribution in [2.75, 3.05) is 39.2 Å². The molecule has 0 bridgehead atoms. The lowest BCUT2D eigenvalue weighted by molar-refractivity contribution is -0.136. The van der Waals surface area contributed by atoms with Gasteiger partial charge in [0.15, 0.2) is 0 Å². The fraction of sp³-hybridized carbons (Fsp3) is 0.227. The van der Waals surface area contributed by atoms with Gasteiger partial charge in [0.25, 0.3) is 5.91 Å². The van der Waals surface area contributed by atoms with Crippen molar-refractivity contribution in [3.63, 3.8) is 0 Å². The molecule has 160 valence electrons. The molecule has 0 radical (unpaired) electrons. The van der Waals surface area contributed by atoms with Crippen molar-refractivity contribution in [2.24, 2.45) is 0 Å².